The average Bonchev–Trinajstić information content (AvgIpc) is 3.25. The summed E-state index contributed by atoms with van der Waals surface area (Å²) >= 11 is 0. The number of amides is 1. The van der Waals surface area contributed by atoms with E-state index in [9.17, 15) is 4.79 Å². The highest BCUT2D eigenvalue weighted by Crippen LogP contribution is 2.35. The SMILES string of the molecule is Cc1nn(C)cc1C(=O)Nc1nc2ccccc2n1C1CCCC1. The van der Waals surface area contributed by atoms with Crippen molar-refractivity contribution in [3.05, 3.63) is 41.7 Å². The highest BCUT2D eigenvalue weighted by Gasteiger charge is 2.24. The van der Waals surface area contributed by atoms with Gasteiger partial charge in [-0.05, 0) is 31.9 Å². The number of anilines is 1. The molecule has 3 aromatic rings. The molecule has 1 N–H and O–H groups in total. The summed E-state index contributed by atoms with van der Waals surface area (Å²) in [7, 11) is 1.82. The molecule has 0 radical (unpaired) electrons. The molecule has 0 saturated heterocycles. The Labute approximate surface area is 140 Å². The van der Waals surface area contributed by atoms with Crippen LogP contribution in [0.15, 0.2) is 30.5 Å². The lowest BCUT2D eigenvalue weighted by atomic mass is 10.2. The Morgan fingerprint density at radius 3 is 2.71 bits per heavy atom. The van der Waals surface area contributed by atoms with Crippen molar-refractivity contribution in [1.82, 2.24) is 19.3 Å². The number of rotatable bonds is 3. The molecular weight excluding hydrogens is 302 g/mol. The summed E-state index contributed by atoms with van der Waals surface area (Å²) in [5.74, 6) is 0.478. The van der Waals surface area contributed by atoms with Gasteiger partial charge in [-0.3, -0.25) is 14.8 Å². The molecule has 0 atom stereocenters. The molecule has 0 unspecified atom stereocenters. The molecule has 0 spiro atoms. The maximum Gasteiger partial charge on any atom is 0.261 e. The van der Waals surface area contributed by atoms with Crippen LogP contribution in [0, 0.1) is 6.92 Å². The first-order chi connectivity index (χ1) is 11.6. The van der Waals surface area contributed by atoms with E-state index < -0.39 is 0 Å². The van der Waals surface area contributed by atoms with E-state index in [1.807, 2.05) is 32.2 Å². The van der Waals surface area contributed by atoms with E-state index in [1.54, 1.807) is 10.9 Å². The van der Waals surface area contributed by atoms with Gasteiger partial charge in [0.25, 0.3) is 5.91 Å². The van der Waals surface area contributed by atoms with Crippen LogP contribution in [0.2, 0.25) is 0 Å². The number of imidazole rings is 1. The molecule has 4 rings (SSSR count). The highest BCUT2D eigenvalue weighted by molar-refractivity contribution is 6.04. The zero-order valence-electron chi connectivity index (χ0n) is 14.0. The lowest BCUT2D eigenvalue weighted by molar-refractivity contribution is 0.102. The zero-order valence-corrected chi connectivity index (χ0v) is 14.0. The third kappa shape index (κ3) is 2.48. The smallest absolute Gasteiger partial charge is 0.261 e. The van der Waals surface area contributed by atoms with Crippen molar-refractivity contribution < 1.29 is 4.79 Å². The van der Waals surface area contributed by atoms with Crippen molar-refractivity contribution in [1.29, 1.82) is 0 Å². The highest BCUT2D eigenvalue weighted by atomic mass is 16.1. The minimum atomic E-state index is -0.157. The molecule has 124 valence electrons. The number of aromatic nitrogens is 4. The van der Waals surface area contributed by atoms with E-state index in [0.717, 1.165) is 29.6 Å². The molecule has 6 nitrogen and oxygen atoms in total. The molecule has 2 aromatic heterocycles. The third-order valence-corrected chi connectivity index (χ3v) is 4.77. The number of benzene rings is 1. The maximum atomic E-state index is 12.7. The molecule has 1 aliphatic carbocycles. The summed E-state index contributed by atoms with van der Waals surface area (Å²) in [6.07, 6.45) is 6.47. The predicted octanol–water partition coefficient (Wildman–Crippen LogP) is 3.45. The number of nitrogens with zero attached hydrogens (tertiary/aromatic N) is 4. The van der Waals surface area contributed by atoms with E-state index in [4.69, 9.17) is 0 Å². The normalized spacial score (nSPS) is 15.2. The van der Waals surface area contributed by atoms with Gasteiger partial charge in [-0.25, -0.2) is 4.98 Å². The zero-order chi connectivity index (χ0) is 16.7. The Bertz CT molecular complexity index is 901. The van der Waals surface area contributed by atoms with Crippen LogP contribution in [-0.2, 0) is 7.05 Å². The Morgan fingerprint density at radius 2 is 2.00 bits per heavy atom. The van der Waals surface area contributed by atoms with Crippen LogP contribution < -0.4 is 5.32 Å². The van der Waals surface area contributed by atoms with Crippen LogP contribution in [0.3, 0.4) is 0 Å². The molecule has 0 bridgehead atoms. The lowest BCUT2D eigenvalue weighted by Crippen LogP contribution is -2.18. The lowest BCUT2D eigenvalue weighted by Gasteiger charge is -2.16. The van der Waals surface area contributed by atoms with Gasteiger partial charge in [0.15, 0.2) is 0 Å². The van der Waals surface area contributed by atoms with Gasteiger partial charge in [-0.2, -0.15) is 5.10 Å². The van der Waals surface area contributed by atoms with Crippen molar-refractivity contribution in [2.75, 3.05) is 5.32 Å². The molecule has 1 aromatic carbocycles. The van der Waals surface area contributed by atoms with Gasteiger partial charge in [0.05, 0.1) is 22.3 Å². The van der Waals surface area contributed by atoms with Gasteiger partial charge in [-0.1, -0.05) is 25.0 Å². The molecular formula is C18H21N5O. The standard InChI is InChI=1S/C18H21N5O/c1-12-14(11-22(2)21-12)17(24)20-18-19-15-9-5-6-10-16(15)23(18)13-7-3-4-8-13/h5-6,9-11,13H,3-4,7-8H2,1-2H3,(H,19,20,24). The quantitative estimate of drug-likeness (QED) is 0.803. The van der Waals surface area contributed by atoms with Gasteiger partial charge in [0.2, 0.25) is 5.95 Å². The largest absolute Gasteiger partial charge is 0.307 e. The van der Waals surface area contributed by atoms with E-state index in [0.29, 0.717) is 17.6 Å². The second-order valence-electron chi connectivity index (χ2n) is 6.49. The molecule has 0 aliphatic heterocycles. The minimum Gasteiger partial charge on any atom is -0.307 e. The average molecular weight is 323 g/mol. The third-order valence-electron chi connectivity index (χ3n) is 4.77. The predicted molar refractivity (Wildman–Crippen MR) is 93.1 cm³/mol. The van der Waals surface area contributed by atoms with Crippen molar-refractivity contribution in [2.24, 2.45) is 7.05 Å². The van der Waals surface area contributed by atoms with Gasteiger partial charge in [0.1, 0.15) is 0 Å². The number of hydrogen-bond donors (Lipinski definition) is 1. The summed E-state index contributed by atoms with van der Waals surface area (Å²) in [5.41, 5.74) is 3.31. The van der Waals surface area contributed by atoms with Crippen molar-refractivity contribution in [3.63, 3.8) is 0 Å². The van der Waals surface area contributed by atoms with Crippen LogP contribution in [0.25, 0.3) is 11.0 Å². The van der Waals surface area contributed by atoms with Crippen LogP contribution in [0.5, 0.6) is 0 Å². The number of para-hydroxylation sites is 2. The van der Waals surface area contributed by atoms with E-state index >= 15 is 0 Å². The molecule has 1 saturated carbocycles. The maximum absolute atomic E-state index is 12.7. The van der Waals surface area contributed by atoms with Crippen molar-refractivity contribution in [3.8, 4) is 0 Å². The van der Waals surface area contributed by atoms with E-state index in [1.165, 1.54) is 12.8 Å². The van der Waals surface area contributed by atoms with Crippen LogP contribution in [0.1, 0.15) is 47.8 Å². The van der Waals surface area contributed by atoms with Crippen LogP contribution in [0.4, 0.5) is 5.95 Å². The van der Waals surface area contributed by atoms with Crippen molar-refractivity contribution in [2.45, 2.75) is 38.6 Å². The van der Waals surface area contributed by atoms with E-state index in [-0.39, 0.29) is 5.91 Å². The fraction of sp³-hybridized carbons (Fsp3) is 0.389. The Hall–Kier alpha value is -2.63. The monoisotopic (exact) mass is 323 g/mol. The Morgan fingerprint density at radius 1 is 1.25 bits per heavy atom. The number of nitrogens with one attached hydrogen (secondary N) is 1. The number of carbonyl (C=O) groups excluding carboxylic acids is 1. The molecule has 2 heterocycles. The number of fused-ring (bicyclic) bond motifs is 1. The fourth-order valence-corrected chi connectivity index (χ4v) is 3.66. The van der Waals surface area contributed by atoms with Crippen LogP contribution >= 0.6 is 0 Å². The number of hydrogen-bond acceptors (Lipinski definition) is 3. The second kappa shape index (κ2) is 5.78. The van der Waals surface area contributed by atoms with E-state index in [2.05, 4.69) is 26.0 Å². The summed E-state index contributed by atoms with van der Waals surface area (Å²) in [6.45, 7) is 1.84. The topological polar surface area (TPSA) is 64.7 Å². The summed E-state index contributed by atoms with van der Waals surface area (Å²) in [4.78, 5) is 17.3. The van der Waals surface area contributed by atoms with Gasteiger partial charge < -0.3 is 4.57 Å². The van der Waals surface area contributed by atoms with Gasteiger partial charge in [0, 0.05) is 19.3 Å². The number of carbonyl (C=O) groups is 1. The first kappa shape index (κ1) is 14.9. The summed E-state index contributed by atoms with van der Waals surface area (Å²) in [6, 6.07) is 8.47. The molecule has 24 heavy (non-hydrogen) atoms. The van der Waals surface area contributed by atoms with Crippen molar-refractivity contribution >= 4 is 22.9 Å². The Kier molecular flexibility index (Phi) is 3.59. The molecule has 1 amide bonds. The second-order valence-corrected chi connectivity index (χ2v) is 6.49. The molecule has 1 fully saturated rings. The first-order valence-corrected chi connectivity index (χ1v) is 8.42. The fourth-order valence-electron chi connectivity index (χ4n) is 3.66. The number of aryl methyl sites for hydroxylation is 2. The first-order valence-electron chi connectivity index (χ1n) is 8.42. The van der Waals surface area contributed by atoms with Gasteiger partial charge in [-0.15, -0.1) is 0 Å². The summed E-state index contributed by atoms with van der Waals surface area (Å²) in [5, 5.41) is 7.25. The van der Waals surface area contributed by atoms with Gasteiger partial charge >= 0.3 is 0 Å². The Balaban J connectivity index is 1.74. The minimum absolute atomic E-state index is 0.157. The molecule has 6 heteroatoms. The van der Waals surface area contributed by atoms with Crippen LogP contribution in [-0.4, -0.2) is 25.2 Å². The summed E-state index contributed by atoms with van der Waals surface area (Å²) < 4.78 is 3.86. The molecule has 1 aliphatic rings.